The molecular weight excluding hydrogens is 565 g/mol. The van der Waals surface area contributed by atoms with Crippen molar-refractivity contribution in [2.75, 3.05) is 0 Å². The first kappa shape index (κ1) is 17.2. The van der Waals surface area contributed by atoms with E-state index in [1.807, 2.05) is 30.3 Å². The molecule has 0 spiro atoms. The normalized spacial score (nSPS) is 14.0. The number of hydrogen-bond acceptors (Lipinski definition) is 3. The van der Waals surface area contributed by atoms with E-state index in [1.54, 1.807) is 16.8 Å². The standard InChI is InChI=1S/C17H11ClI2N4O/c18-15(16(20)10-4-2-1-3-5-10)11-6-7-13-14(8-11)23-17(22-24(13)25)12(19)9-21-23/h1-9,15-16H. The van der Waals surface area contributed by atoms with Crippen molar-refractivity contribution >= 4 is 73.5 Å². The lowest BCUT2D eigenvalue weighted by Gasteiger charge is -2.17. The van der Waals surface area contributed by atoms with E-state index in [9.17, 15) is 5.21 Å². The summed E-state index contributed by atoms with van der Waals surface area (Å²) in [7, 11) is 0. The highest BCUT2D eigenvalue weighted by Gasteiger charge is 2.22. The van der Waals surface area contributed by atoms with Crippen LogP contribution in [0.1, 0.15) is 20.4 Å². The topological polar surface area (TPSA) is 57.1 Å². The van der Waals surface area contributed by atoms with E-state index in [4.69, 9.17) is 11.6 Å². The van der Waals surface area contributed by atoms with E-state index in [-0.39, 0.29) is 9.30 Å². The van der Waals surface area contributed by atoms with E-state index in [1.165, 1.54) is 0 Å². The van der Waals surface area contributed by atoms with Crippen molar-refractivity contribution in [2.24, 2.45) is 0 Å². The van der Waals surface area contributed by atoms with Crippen LogP contribution in [0, 0.1) is 8.78 Å². The zero-order valence-electron chi connectivity index (χ0n) is 12.7. The molecular formula is C17H11ClI2N4O. The minimum absolute atomic E-state index is 0.104. The van der Waals surface area contributed by atoms with Gasteiger partial charge in [0.1, 0.15) is 5.52 Å². The molecule has 126 valence electrons. The lowest BCUT2D eigenvalue weighted by molar-refractivity contribution is -0.640. The minimum atomic E-state index is -0.231. The van der Waals surface area contributed by atoms with Crippen LogP contribution in [0.3, 0.4) is 0 Å². The minimum Gasteiger partial charge on any atom is -0.594 e. The van der Waals surface area contributed by atoms with Gasteiger partial charge in [-0.3, -0.25) is 0 Å². The zero-order chi connectivity index (χ0) is 17.6. The van der Waals surface area contributed by atoms with Crippen LogP contribution in [0.2, 0.25) is 0 Å². The average Bonchev–Trinajstić information content (AvgIpc) is 3.02. The van der Waals surface area contributed by atoms with Gasteiger partial charge in [0, 0.05) is 11.2 Å². The lowest BCUT2D eigenvalue weighted by Crippen LogP contribution is -2.33. The van der Waals surface area contributed by atoms with Crippen molar-refractivity contribution in [3.8, 4) is 0 Å². The number of aromatic nitrogens is 4. The lowest BCUT2D eigenvalue weighted by atomic mass is 10.0. The molecule has 0 aliphatic heterocycles. The molecule has 5 nitrogen and oxygen atoms in total. The van der Waals surface area contributed by atoms with Crippen molar-refractivity contribution < 1.29 is 4.85 Å². The summed E-state index contributed by atoms with van der Waals surface area (Å²) in [5.74, 6) is 0. The Morgan fingerprint density at radius 3 is 2.64 bits per heavy atom. The second-order valence-electron chi connectivity index (χ2n) is 5.56. The van der Waals surface area contributed by atoms with Gasteiger partial charge in [-0.15, -0.1) is 11.6 Å². The van der Waals surface area contributed by atoms with Gasteiger partial charge in [-0.2, -0.15) is 5.10 Å². The third-order valence-electron chi connectivity index (χ3n) is 4.01. The van der Waals surface area contributed by atoms with Crippen LogP contribution in [0.4, 0.5) is 0 Å². The quantitative estimate of drug-likeness (QED) is 0.155. The van der Waals surface area contributed by atoms with E-state index in [2.05, 4.69) is 67.5 Å². The highest BCUT2D eigenvalue weighted by molar-refractivity contribution is 14.1. The molecule has 0 bridgehead atoms. The van der Waals surface area contributed by atoms with Gasteiger partial charge in [0.15, 0.2) is 0 Å². The summed E-state index contributed by atoms with van der Waals surface area (Å²) in [5.41, 5.74) is 3.80. The molecule has 0 N–H and O–H groups in total. The fourth-order valence-electron chi connectivity index (χ4n) is 2.75. The van der Waals surface area contributed by atoms with Gasteiger partial charge in [0.25, 0.3) is 5.52 Å². The molecule has 0 amide bonds. The molecule has 2 atom stereocenters. The Labute approximate surface area is 175 Å². The van der Waals surface area contributed by atoms with Crippen LogP contribution in [0.25, 0.3) is 16.7 Å². The molecule has 0 saturated carbocycles. The van der Waals surface area contributed by atoms with Gasteiger partial charge >= 0.3 is 0 Å². The number of fused-ring (bicyclic) bond motifs is 3. The van der Waals surface area contributed by atoms with Gasteiger partial charge in [0.05, 0.1) is 19.1 Å². The predicted molar refractivity (Wildman–Crippen MR) is 114 cm³/mol. The van der Waals surface area contributed by atoms with Crippen molar-refractivity contribution in [2.45, 2.75) is 9.30 Å². The summed E-state index contributed by atoms with van der Waals surface area (Å²) in [6.45, 7) is 0. The molecule has 0 aliphatic carbocycles. The summed E-state index contributed by atoms with van der Waals surface area (Å²) in [6, 6.07) is 15.7. The van der Waals surface area contributed by atoms with Gasteiger partial charge in [-0.25, -0.2) is 4.52 Å². The van der Waals surface area contributed by atoms with E-state index >= 15 is 0 Å². The van der Waals surface area contributed by atoms with Crippen LogP contribution in [0.15, 0.2) is 54.7 Å². The van der Waals surface area contributed by atoms with Crippen LogP contribution in [-0.4, -0.2) is 14.7 Å². The fraction of sp³-hybridized carbons (Fsp3) is 0.118. The SMILES string of the molecule is [O-][n+]1nc2c(I)cnn2c2cc(C(Cl)C(I)c3ccccc3)ccc21. The Bertz CT molecular complexity index is 1070. The van der Waals surface area contributed by atoms with Crippen molar-refractivity contribution in [3.05, 3.63) is 74.6 Å². The summed E-state index contributed by atoms with van der Waals surface area (Å²) in [4.78, 5) is 0.639. The fourth-order valence-corrected chi connectivity index (χ4v) is 4.32. The van der Waals surface area contributed by atoms with Crippen LogP contribution < -0.4 is 4.85 Å². The Kier molecular flexibility index (Phi) is 4.71. The summed E-state index contributed by atoms with van der Waals surface area (Å²) in [6.07, 6.45) is 1.69. The van der Waals surface area contributed by atoms with Crippen LogP contribution >= 0.6 is 56.8 Å². The maximum absolute atomic E-state index is 12.2. The largest absolute Gasteiger partial charge is 0.594 e. The zero-order valence-corrected chi connectivity index (χ0v) is 17.8. The molecule has 2 unspecified atom stereocenters. The second kappa shape index (κ2) is 6.84. The second-order valence-corrected chi connectivity index (χ2v) is 8.54. The first-order chi connectivity index (χ1) is 12.1. The number of hydrogen-bond donors (Lipinski definition) is 0. The maximum Gasteiger partial charge on any atom is 0.270 e. The van der Waals surface area contributed by atoms with Crippen molar-refractivity contribution in [1.29, 1.82) is 0 Å². The Morgan fingerprint density at radius 2 is 1.88 bits per heavy atom. The monoisotopic (exact) mass is 576 g/mol. The number of benzene rings is 2. The molecule has 25 heavy (non-hydrogen) atoms. The van der Waals surface area contributed by atoms with Crippen molar-refractivity contribution in [1.82, 2.24) is 14.7 Å². The molecule has 0 saturated heterocycles. The van der Waals surface area contributed by atoms with E-state index in [0.29, 0.717) is 21.5 Å². The molecule has 4 rings (SSSR count). The van der Waals surface area contributed by atoms with Crippen LogP contribution in [0.5, 0.6) is 0 Å². The molecule has 4 aromatic rings. The van der Waals surface area contributed by atoms with E-state index in [0.717, 1.165) is 14.7 Å². The summed E-state index contributed by atoms with van der Waals surface area (Å²) < 4.78 is 2.61. The van der Waals surface area contributed by atoms with Crippen LogP contribution in [-0.2, 0) is 0 Å². The third kappa shape index (κ3) is 3.06. The van der Waals surface area contributed by atoms with Gasteiger partial charge in [0.2, 0.25) is 5.65 Å². The summed E-state index contributed by atoms with van der Waals surface area (Å²) >= 11 is 11.2. The molecule has 2 heterocycles. The number of halogens is 3. The molecule has 2 aromatic heterocycles. The highest BCUT2D eigenvalue weighted by atomic mass is 127. The van der Waals surface area contributed by atoms with Crippen molar-refractivity contribution in [3.63, 3.8) is 0 Å². The Balaban J connectivity index is 1.84. The number of rotatable bonds is 3. The average molecular weight is 577 g/mol. The molecule has 0 aliphatic rings. The molecule has 0 fully saturated rings. The Morgan fingerprint density at radius 1 is 1.12 bits per heavy atom. The molecule has 2 aromatic carbocycles. The first-order valence-corrected chi connectivity index (χ1v) is 10.2. The van der Waals surface area contributed by atoms with Gasteiger partial charge in [-0.1, -0.05) is 59.0 Å². The number of alkyl halides is 2. The maximum atomic E-state index is 12.2. The molecule has 0 radical (unpaired) electrons. The third-order valence-corrected chi connectivity index (χ3v) is 7.14. The first-order valence-electron chi connectivity index (χ1n) is 7.46. The van der Waals surface area contributed by atoms with E-state index < -0.39 is 0 Å². The van der Waals surface area contributed by atoms with Gasteiger partial charge in [-0.05, 0) is 44.6 Å². The highest BCUT2D eigenvalue weighted by Crippen LogP contribution is 2.41. The van der Waals surface area contributed by atoms with Gasteiger partial charge < -0.3 is 5.21 Å². The molecule has 8 heteroatoms. The smallest absolute Gasteiger partial charge is 0.270 e. The predicted octanol–water partition coefficient (Wildman–Crippen LogP) is 4.58. The summed E-state index contributed by atoms with van der Waals surface area (Å²) in [5, 5.41) is 20.4. The Hall–Kier alpha value is -1.20. The number of nitrogens with zero attached hydrogens (tertiary/aromatic N) is 4.